The van der Waals surface area contributed by atoms with E-state index in [4.69, 9.17) is 4.42 Å². The average Bonchev–Trinajstić information content (AvgIpc) is 3.59. The largest absolute Gasteiger partial charge is 0.508 e. The second-order valence-corrected chi connectivity index (χ2v) is 13.4. The van der Waals surface area contributed by atoms with Gasteiger partial charge in [-0.3, -0.25) is 24.0 Å². The van der Waals surface area contributed by atoms with Crippen molar-refractivity contribution in [2.24, 2.45) is 11.8 Å². The fourth-order valence-corrected chi connectivity index (χ4v) is 6.37. The molecule has 2 fully saturated rings. The maximum Gasteiger partial charge on any atom is 0.255 e. The summed E-state index contributed by atoms with van der Waals surface area (Å²) in [5.41, 5.74) is 1.20. The van der Waals surface area contributed by atoms with Crippen molar-refractivity contribution in [3.05, 3.63) is 53.0 Å². The summed E-state index contributed by atoms with van der Waals surface area (Å²) in [5.74, 6) is -0.0904. The summed E-state index contributed by atoms with van der Waals surface area (Å²) in [4.78, 5) is 68.2. The Bertz CT molecular complexity index is 1440. The third-order valence-electron chi connectivity index (χ3n) is 9.08. The summed E-state index contributed by atoms with van der Waals surface area (Å²) in [6.07, 6.45) is 2.45. The molecule has 5 N–H and O–H groups in total. The third kappa shape index (κ3) is 9.82. The number of hydrogen-bond donors (Lipinski definition) is 5. The number of phenolic OH excluding ortho intramolecular Hbond substituents is 1. The van der Waals surface area contributed by atoms with Crippen LogP contribution in [0.5, 0.6) is 5.75 Å². The van der Waals surface area contributed by atoms with Gasteiger partial charge >= 0.3 is 0 Å². The van der Waals surface area contributed by atoms with Gasteiger partial charge in [-0.05, 0) is 75.1 Å². The lowest BCUT2D eigenvalue weighted by Gasteiger charge is -2.29. The molecule has 0 unspecified atom stereocenters. The van der Waals surface area contributed by atoms with Gasteiger partial charge in [0.2, 0.25) is 23.6 Å². The standard InChI is InChI=1S/C35H49N5O7/c1-20(2)28-13-8-21(3)15-31(42)38-29(17-24-9-11-26(41)12-10-24)34(45)36-14-6-7-32(43)40-19-25(18-30(40)35(46)39-28)37-33(44)27-16-22(4)47-23(27)5/h9-12,16,20-21,25,28-30,41H,6-8,13-15,17-19H2,1-5H3,(H,36,45)(H,37,44)(H,38,42)(H,39,46)/t21-,25-,28+,29+,30+/m1/s1. The molecular formula is C35H49N5O7. The lowest BCUT2D eigenvalue weighted by atomic mass is 9.92. The van der Waals surface area contributed by atoms with E-state index < -0.39 is 18.1 Å². The first-order valence-electron chi connectivity index (χ1n) is 16.6. The van der Waals surface area contributed by atoms with Gasteiger partial charge in [0.25, 0.3) is 5.91 Å². The van der Waals surface area contributed by atoms with E-state index in [0.717, 1.165) is 5.56 Å². The second-order valence-electron chi connectivity index (χ2n) is 13.4. The van der Waals surface area contributed by atoms with Gasteiger partial charge in [0.1, 0.15) is 29.4 Å². The van der Waals surface area contributed by atoms with E-state index in [1.165, 1.54) is 12.1 Å². The van der Waals surface area contributed by atoms with Crippen molar-refractivity contribution in [2.75, 3.05) is 13.1 Å². The Morgan fingerprint density at radius 1 is 1.06 bits per heavy atom. The number of amides is 5. The molecule has 0 radical (unpaired) electrons. The molecule has 2 aromatic rings. The van der Waals surface area contributed by atoms with E-state index in [9.17, 15) is 29.1 Å². The Balaban J connectivity index is 1.51. The molecule has 0 saturated carbocycles. The summed E-state index contributed by atoms with van der Waals surface area (Å²) in [5, 5.41) is 21.5. The molecule has 0 spiro atoms. The number of hydrogen-bond acceptors (Lipinski definition) is 7. The fraction of sp³-hybridized carbons (Fsp3) is 0.571. The third-order valence-corrected chi connectivity index (χ3v) is 9.08. The molecule has 0 aliphatic carbocycles. The maximum absolute atomic E-state index is 13.7. The Morgan fingerprint density at radius 3 is 2.45 bits per heavy atom. The maximum atomic E-state index is 13.7. The van der Waals surface area contributed by atoms with E-state index in [1.54, 1.807) is 36.9 Å². The highest BCUT2D eigenvalue weighted by Gasteiger charge is 2.41. The molecule has 256 valence electrons. The number of fused-ring (bicyclic) bond motifs is 1. The number of nitrogens with one attached hydrogen (secondary N) is 4. The van der Waals surface area contributed by atoms with Crippen LogP contribution in [0.3, 0.4) is 0 Å². The number of phenols is 1. The van der Waals surface area contributed by atoms with Crippen molar-refractivity contribution in [1.82, 2.24) is 26.2 Å². The highest BCUT2D eigenvalue weighted by Crippen LogP contribution is 2.24. The lowest BCUT2D eigenvalue weighted by Crippen LogP contribution is -2.50. The zero-order chi connectivity index (χ0) is 34.2. The van der Waals surface area contributed by atoms with Crippen LogP contribution in [-0.2, 0) is 25.6 Å². The van der Waals surface area contributed by atoms with Gasteiger partial charge < -0.3 is 35.7 Å². The quantitative estimate of drug-likeness (QED) is 0.331. The number of nitrogens with zero attached hydrogens (tertiary/aromatic N) is 1. The minimum Gasteiger partial charge on any atom is -0.508 e. The number of aromatic hydroxyl groups is 1. The summed E-state index contributed by atoms with van der Waals surface area (Å²) in [6, 6.07) is 5.97. The summed E-state index contributed by atoms with van der Waals surface area (Å²) >= 11 is 0. The Hall–Kier alpha value is -4.35. The van der Waals surface area contributed by atoms with Crippen molar-refractivity contribution in [3.8, 4) is 5.75 Å². The molecule has 5 atom stereocenters. The SMILES string of the molecule is Cc1cc(C(=O)N[C@@H]2C[C@H]3C(=O)N[C@H](C(C)C)CC[C@@H](C)CC(=O)N[C@@H](Cc4ccc(O)cc4)C(=O)NCCCC(=O)N3C2)c(C)o1. The van der Waals surface area contributed by atoms with Gasteiger partial charge in [0.15, 0.2) is 0 Å². The van der Waals surface area contributed by atoms with Crippen LogP contribution in [0.25, 0.3) is 0 Å². The van der Waals surface area contributed by atoms with Gasteiger partial charge in [-0.1, -0.05) is 32.9 Å². The van der Waals surface area contributed by atoms with Crippen LogP contribution in [-0.4, -0.2) is 76.8 Å². The molecule has 4 rings (SSSR count). The van der Waals surface area contributed by atoms with Crippen molar-refractivity contribution in [2.45, 2.75) is 104 Å². The van der Waals surface area contributed by atoms with Crippen LogP contribution in [0.1, 0.15) is 86.7 Å². The predicted octanol–water partition coefficient (Wildman–Crippen LogP) is 2.89. The molecule has 12 nitrogen and oxygen atoms in total. The van der Waals surface area contributed by atoms with Crippen molar-refractivity contribution in [3.63, 3.8) is 0 Å². The lowest BCUT2D eigenvalue weighted by molar-refractivity contribution is -0.139. The zero-order valence-electron chi connectivity index (χ0n) is 28.1. The molecule has 5 amide bonds. The minimum absolute atomic E-state index is 0.0106. The molecule has 2 aliphatic rings. The smallest absolute Gasteiger partial charge is 0.255 e. The number of carbonyl (C=O) groups excluding carboxylic acids is 5. The minimum atomic E-state index is -0.827. The predicted molar refractivity (Wildman–Crippen MR) is 175 cm³/mol. The Morgan fingerprint density at radius 2 is 1.79 bits per heavy atom. The molecule has 1 aromatic heterocycles. The first-order chi connectivity index (χ1) is 22.3. The molecule has 1 aromatic carbocycles. The van der Waals surface area contributed by atoms with Gasteiger partial charge in [-0.2, -0.15) is 0 Å². The first-order valence-corrected chi connectivity index (χ1v) is 16.6. The van der Waals surface area contributed by atoms with Gasteiger partial charge in [-0.25, -0.2) is 0 Å². The molecule has 0 bridgehead atoms. The topological polar surface area (TPSA) is 170 Å². The first kappa shape index (κ1) is 35.5. The van der Waals surface area contributed by atoms with Gasteiger partial charge in [0.05, 0.1) is 5.56 Å². The van der Waals surface area contributed by atoms with E-state index in [1.807, 2.05) is 20.8 Å². The van der Waals surface area contributed by atoms with E-state index in [-0.39, 0.29) is 91.9 Å². The van der Waals surface area contributed by atoms with Crippen LogP contribution in [0.2, 0.25) is 0 Å². The van der Waals surface area contributed by atoms with Crippen molar-refractivity contribution < 1.29 is 33.5 Å². The van der Waals surface area contributed by atoms with E-state index in [2.05, 4.69) is 21.3 Å². The summed E-state index contributed by atoms with van der Waals surface area (Å²) < 4.78 is 5.51. The molecule has 12 heteroatoms. The number of aryl methyl sites for hydroxylation is 2. The van der Waals surface area contributed by atoms with Crippen molar-refractivity contribution >= 4 is 29.5 Å². The average molecular weight is 652 g/mol. The number of furan rings is 1. The molecular weight excluding hydrogens is 602 g/mol. The summed E-state index contributed by atoms with van der Waals surface area (Å²) in [7, 11) is 0. The normalized spacial score (nSPS) is 25.3. The highest BCUT2D eigenvalue weighted by molar-refractivity contribution is 5.96. The van der Waals surface area contributed by atoms with E-state index >= 15 is 0 Å². The van der Waals surface area contributed by atoms with Crippen LogP contribution in [0, 0.1) is 25.7 Å². The van der Waals surface area contributed by atoms with Crippen LogP contribution >= 0.6 is 0 Å². The van der Waals surface area contributed by atoms with Gasteiger partial charge in [0, 0.05) is 44.4 Å². The molecule has 3 heterocycles. The molecule has 2 saturated heterocycles. The van der Waals surface area contributed by atoms with E-state index in [0.29, 0.717) is 36.3 Å². The van der Waals surface area contributed by atoms with Crippen molar-refractivity contribution in [1.29, 1.82) is 0 Å². The number of benzene rings is 1. The number of carbonyl (C=O) groups is 5. The summed E-state index contributed by atoms with van der Waals surface area (Å²) in [6.45, 7) is 9.89. The zero-order valence-corrected chi connectivity index (χ0v) is 28.1. The fourth-order valence-electron chi connectivity index (χ4n) is 6.37. The number of rotatable bonds is 5. The van der Waals surface area contributed by atoms with Crippen LogP contribution in [0.4, 0.5) is 0 Å². The molecule has 47 heavy (non-hydrogen) atoms. The van der Waals surface area contributed by atoms with Gasteiger partial charge in [-0.15, -0.1) is 0 Å². The highest BCUT2D eigenvalue weighted by atomic mass is 16.3. The Kier molecular flexibility index (Phi) is 12.1. The monoisotopic (exact) mass is 651 g/mol. The second kappa shape index (κ2) is 16.0. The Labute approximate surface area is 276 Å². The van der Waals surface area contributed by atoms with Crippen LogP contribution in [0.15, 0.2) is 34.7 Å². The molecule has 2 aliphatic heterocycles. The van der Waals surface area contributed by atoms with Crippen LogP contribution < -0.4 is 21.3 Å².